The van der Waals surface area contributed by atoms with Gasteiger partial charge in [-0.25, -0.2) is 0 Å². The molecule has 0 aliphatic carbocycles. The van der Waals surface area contributed by atoms with E-state index < -0.39 is 0 Å². The molecule has 3 aromatic rings. The Hall–Kier alpha value is -3.22. The van der Waals surface area contributed by atoms with Crippen LogP contribution >= 0.6 is 11.6 Å². The number of nitrogens with zero attached hydrogens (tertiary/aromatic N) is 2. The molecule has 0 atom stereocenters. The summed E-state index contributed by atoms with van der Waals surface area (Å²) in [5.41, 5.74) is 3.50. The normalized spacial score (nSPS) is 14.1. The molecule has 0 bridgehead atoms. The van der Waals surface area contributed by atoms with Crippen molar-refractivity contribution in [1.82, 2.24) is 4.90 Å². The average molecular weight is 466 g/mol. The number of rotatable bonds is 7. The number of benzene rings is 3. The van der Waals surface area contributed by atoms with E-state index in [1.165, 1.54) is 12.7 Å². The molecule has 0 aromatic heterocycles. The summed E-state index contributed by atoms with van der Waals surface area (Å²) in [7, 11) is 3.11. The number of carbonyl (C=O) groups is 1. The Morgan fingerprint density at radius 3 is 2.33 bits per heavy atom. The van der Waals surface area contributed by atoms with Crippen molar-refractivity contribution in [3.63, 3.8) is 0 Å². The number of hydrogen-bond acceptors (Lipinski definition) is 5. The van der Waals surface area contributed by atoms with Gasteiger partial charge in [0.15, 0.2) is 0 Å². The molecular weight excluding hydrogens is 438 g/mol. The SMILES string of the molecule is COc1ccc(C(=O)Nc2ccc(N3CCN(Cc4ccccc4Cl)CC3)cc2)c(OC)c1. The quantitative estimate of drug-likeness (QED) is 0.536. The summed E-state index contributed by atoms with van der Waals surface area (Å²) >= 11 is 6.31. The Kier molecular flexibility index (Phi) is 7.37. The molecule has 1 amide bonds. The lowest BCUT2D eigenvalue weighted by molar-refractivity contribution is 0.102. The van der Waals surface area contributed by atoms with E-state index >= 15 is 0 Å². The van der Waals surface area contributed by atoms with Crippen molar-refractivity contribution in [2.75, 3.05) is 50.6 Å². The highest BCUT2D eigenvalue weighted by Gasteiger charge is 2.18. The second kappa shape index (κ2) is 10.6. The number of nitrogens with one attached hydrogen (secondary N) is 1. The van der Waals surface area contributed by atoms with Gasteiger partial charge in [-0.15, -0.1) is 0 Å². The van der Waals surface area contributed by atoms with E-state index in [1.54, 1.807) is 25.3 Å². The molecule has 1 fully saturated rings. The van der Waals surface area contributed by atoms with Gasteiger partial charge >= 0.3 is 0 Å². The van der Waals surface area contributed by atoms with Crippen molar-refractivity contribution in [2.45, 2.75) is 6.54 Å². The molecule has 7 heteroatoms. The van der Waals surface area contributed by atoms with Crippen LogP contribution in [0.15, 0.2) is 66.7 Å². The third-order valence-corrected chi connectivity index (χ3v) is 6.24. The Labute approximate surface area is 199 Å². The summed E-state index contributed by atoms with van der Waals surface area (Å²) in [6.07, 6.45) is 0. The number of hydrogen-bond donors (Lipinski definition) is 1. The van der Waals surface area contributed by atoms with Gasteiger partial charge < -0.3 is 19.7 Å². The molecule has 3 aromatic carbocycles. The maximum Gasteiger partial charge on any atom is 0.259 e. The van der Waals surface area contributed by atoms with E-state index in [4.69, 9.17) is 21.1 Å². The van der Waals surface area contributed by atoms with E-state index in [9.17, 15) is 4.79 Å². The Bertz CT molecular complexity index is 1100. The van der Waals surface area contributed by atoms with Gasteiger partial charge in [-0.2, -0.15) is 0 Å². The summed E-state index contributed by atoms with van der Waals surface area (Å²) in [6.45, 7) is 4.70. The summed E-state index contributed by atoms with van der Waals surface area (Å²) in [6, 6.07) is 21.1. The van der Waals surface area contributed by atoms with Crippen LogP contribution in [-0.2, 0) is 6.54 Å². The van der Waals surface area contributed by atoms with Gasteiger partial charge in [0.1, 0.15) is 11.5 Å². The van der Waals surface area contributed by atoms with Gasteiger partial charge in [0, 0.05) is 55.2 Å². The molecule has 1 aliphatic heterocycles. The predicted molar refractivity (Wildman–Crippen MR) is 133 cm³/mol. The zero-order chi connectivity index (χ0) is 23.2. The Morgan fingerprint density at radius 1 is 0.939 bits per heavy atom. The minimum atomic E-state index is -0.226. The fourth-order valence-electron chi connectivity index (χ4n) is 3.97. The number of carbonyl (C=O) groups excluding carboxylic acids is 1. The van der Waals surface area contributed by atoms with Crippen LogP contribution < -0.4 is 19.7 Å². The van der Waals surface area contributed by atoms with Crippen molar-refractivity contribution < 1.29 is 14.3 Å². The first-order valence-corrected chi connectivity index (χ1v) is 11.3. The number of ether oxygens (including phenoxy) is 2. The second-order valence-electron chi connectivity index (χ2n) is 7.92. The number of anilines is 2. The topological polar surface area (TPSA) is 54.0 Å². The van der Waals surface area contributed by atoms with E-state index in [2.05, 4.69) is 21.2 Å². The number of halogens is 1. The van der Waals surface area contributed by atoms with Crippen LogP contribution in [0.1, 0.15) is 15.9 Å². The monoisotopic (exact) mass is 465 g/mol. The molecule has 4 rings (SSSR count). The van der Waals surface area contributed by atoms with Crippen molar-refractivity contribution >= 4 is 28.9 Å². The van der Waals surface area contributed by atoms with Crippen LogP contribution in [0.3, 0.4) is 0 Å². The maximum atomic E-state index is 12.7. The first-order chi connectivity index (χ1) is 16.1. The van der Waals surface area contributed by atoms with Crippen LogP contribution in [-0.4, -0.2) is 51.2 Å². The Balaban J connectivity index is 1.33. The molecule has 0 spiro atoms. The largest absolute Gasteiger partial charge is 0.497 e. The van der Waals surface area contributed by atoms with Crippen LogP contribution in [0.25, 0.3) is 0 Å². The minimum Gasteiger partial charge on any atom is -0.497 e. The molecule has 0 unspecified atom stereocenters. The Morgan fingerprint density at radius 2 is 1.67 bits per heavy atom. The molecule has 1 heterocycles. The zero-order valence-corrected chi connectivity index (χ0v) is 19.6. The molecule has 0 radical (unpaired) electrons. The number of methoxy groups -OCH3 is 2. The fraction of sp³-hybridized carbons (Fsp3) is 0.269. The van der Waals surface area contributed by atoms with Crippen LogP contribution in [0.4, 0.5) is 11.4 Å². The molecule has 172 valence electrons. The third kappa shape index (κ3) is 5.59. The highest BCUT2D eigenvalue weighted by atomic mass is 35.5. The van der Waals surface area contributed by atoms with Gasteiger partial charge in [0.2, 0.25) is 0 Å². The van der Waals surface area contributed by atoms with E-state index in [0.29, 0.717) is 17.1 Å². The molecule has 1 aliphatic rings. The molecule has 33 heavy (non-hydrogen) atoms. The number of piperazine rings is 1. The molecular formula is C26H28ClN3O3. The molecule has 6 nitrogen and oxygen atoms in total. The van der Waals surface area contributed by atoms with Gasteiger partial charge in [-0.05, 0) is 48.0 Å². The van der Waals surface area contributed by atoms with Crippen LogP contribution in [0.5, 0.6) is 11.5 Å². The minimum absolute atomic E-state index is 0.226. The molecule has 1 saturated heterocycles. The molecule has 0 saturated carbocycles. The van der Waals surface area contributed by atoms with Crippen LogP contribution in [0, 0.1) is 0 Å². The van der Waals surface area contributed by atoms with Crippen molar-refractivity contribution in [2.24, 2.45) is 0 Å². The summed E-state index contributed by atoms with van der Waals surface area (Å²) < 4.78 is 10.5. The second-order valence-corrected chi connectivity index (χ2v) is 8.33. The molecule has 1 N–H and O–H groups in total. The highest BCUT2D eigenvalue weighted by Crippen LogP contribution is 2.26. The summed E-state index contributed by atoms with van der Waals surface area (Å²) in [4.78, 5) is 17.5. The summed E-state index contributed by atoms with van der Waals surface area (Å²) in [5.74, 6) is 0.883. The van der Waals surface area contributed by atoms with E-state index in [0.717, 1.165) is 49.1 Å². The third-order valence-electron chi connectivity index (χ3n) is 5.87. The van der Waals surface area contributed by atoms with Gasteiger partial charge in [-0.1, -0.05) is 29.8 Å². The van der Waals surface area contributed by atoms with Crippen molar-refractivity contribution in [1.29, 1.82) is 0 Å². The lowest BCUT2D eigenvalue weighted by atomic mass is 10.1. The zero-order valence-electron chi connectivity index (χ0n) is 18.9. The maximum absolute atomic E-state index is 12.7. The first kappa shape index (κ1) is 23.0. The van der Waals surface area contributed by atoms with Gasteiger partial charge in [0.25, 0.3) is 5.91 Å². The lowest BCUT2D eigenvalue weighted by Crippen LogP contribution is -2.46. The predicted octanol–water partition coefficient (Wildman–Crippen LogP) is 4.93. The van der Waals surface area contributed by atoms with E-state index in [-0.39, 0.29) is 5.91 Å². The lowest BCUT2D eigenvalue weighted by Gasteiger charge is -2.36. The van der Waals surface area contributed by atoms with Crippen molar-refractivity contribution in [3.8, 4) is 11.5 Å². The average Bonchev–Trinajstić information content (AvgIpc) is 2.86. The summed E-state index contributed by atoms with van der Waals surface area (Å²) in [5, 5.41) is 3.77. The smallest absolute Gasteiger partial charge is 0.259 e. The first-order valence-electron chi connectivity index (χ1n) is 10.9. The van der Waals surface area contributed by atoms with Crippen LogP contribution in [0.2, 0.25) is 5.02 Å². The van der Waals surface area contributed by atoms with Gasteiger partial charge in [0.05, 0.1) is 19.8 Å². The number of amides is 1. The van der Waals surface area contributed by atoms with Crippen molar-refractivity contribution in [3.05, 3.63) is 82.9 Å². The standard InChI is InChI=1S/C26H28ClN3O3/c1-32-22-11-12-23(25(17-22)33-2)26(31)28-20-7-9-21(10-8-20)30-15-13-29(14-16-30)18-19-5-3-4-6-24(19)27/h3-12,17H,13-16,18H2,1-2H3,(H,28,31). The highest BCUT2D eigenvalue weighted by molar-refractivity contribution is 6.31. The van der Waals surface area contributed by atoms with Gasteiger partial charge in [-0.3, -0.25) is 9.69 Å². The fourth-order valence-corrected chi connectivity index (χ4v) is 4.17. The van der Waals surface area contributed by atoms with E-state index in [1.807, 2.05) is 42.5 Å².